The molecule has 0 amide bonds. The van der Waals surface area contributed by atoms with Crippen molar-refractivity contribution in [2.45, 2.75) is 13.1 Å². The van der Waals surface area contributed by atoms with Gasteiger partial charge in [0.25, 0.3) is 0 Å². The fraction of sp³-hybridized carbons (Fsp3) is 0.250. The van der Waals surface area contributed by atoms with Crippen LogP contribution in [0, 0.1) is 0 Å². The Balaban J connectivity index is 1.97. The molecule has 18 heavy (non-hydrogen) atoms. The maximum absolute atomic E-state index is 3.46. The van der Waals surface area contributed by atoms with Crippen LogP contribution >= 0.6 is 0 Å². The molecule has 0 aliphatic heterocycles. The fourth-order valence-corrected chi connectivity index (χ4v) is 1.94. The van der Waals surface area contributed by atoms with Crippen molar-refractivity contribution >= 4 is 5.69 Å². The minimum atomic E-state index is 0.867. The van der Waals surface area contributed by atoms with Gasteiger partial charge in [-0.1, -0.05) is 42.5 Å². The molecule has 0 saturated heterocycles. The van der Waals surface area contributed by atoms with Gasteiger partial charge in [0.05, 0.1) is 0 Å². The van der Waals surface area contributed by atoms with Gasteiger partial charge in [-0.25, -0.2) is 0 Å². The fourth-order valence-electron chi connectivity index (χ4n) is 1.94. The van der Waals surface area contributed by atoms with Gasteiger partial charge in [0, 0.05) is 18.8 Å². The van der Waals surface area contributed by atoms with Crippen molar-refractivity contribution in [2.75, 3.05) is 19.4 Å². The van der Waals surface area contributed by atoms with Crippen LogP contribution < -0.4 is 5.32 Å². The van der Waals surface area contributed by atoms with Gasteiger partial charge < -0.3 is 10.2 Å². The van der Waals surface area contributed by atoms with Gasteiger partial charge in [0.15, 0.2) is 0 Å². The van der Waals surface area contributed by atoms with Gasteiger partial charge >= 0.3 is 0 Å². The van der Waals surface area contributed by atoms with E-state index in [4.69, 9.17) is 0 Å². The molecule has 0 aliphatic rings. The van der Waals surface area contributed by atoms with Crippen molar-refractivity contribution in [3.63, 3.8) is 0 Å². The number of nitrogens with one attached hydrogen (secondary N) is 1. The molecule has 2 rings (SSSR count). The Morgan fingerprint density at radius 3 is 2.33 bits per heavy atom. The van der Waals surface area contributed by atoms with Crippen LogP contribution in [0.4, 0.5) is 5.69 Å². The molecule has 2 heteroatoms. The quantitative estimate of drug-likeness (QED) is 0.862. The summed E-state index contributed by atoms with van der Waals surface area (Å²) in [6, 6.07) is 19.0. The average Bonchev–Trinajstić information content (AvgIpc) is 2.37. The van der Waals surface area contributed by atoms with Gasteiger partial charge in [-0.05, 0) is 37.4 Å². The molecule has 2 aromatic carbocycles. The standard InChI is InChI=1S/C16H20N2/c1-18(2)13-15-9-6-10-16(11-15)17-12-14-7-4-3-5-8-14/h3-11,17H,12-13H2,1-2H3. The molecular formula is C16H20N2. The first-order valence-electron chi connectivity index (χ1n) is 6.25. The molecule has 2 nitrogen and oxygen atoms in total. The lowest BCUT2D eigenvalue weighted by molar-refractivity contribution is 0.402. The van der Waals surface area contributed by atoms with Crippen LogP contribution in [-0.2, 0) is 13.1 Å². The topological polar surface area (TPSA) is 15.3 Å². The Bertz CT molecular complexity index is 477. The minimum absolute atomic E-state index is 0.867. The number of nitrogens with zero attached hydrogens (tertiary/aromatic N) is 1. The van der Waals surface area contributed by atoms with Crippen molar-refractivity contribution in [3.05, 3.63) is 65.7 Å². The molecule has 2 aromatic rings. The van der Waals surface area contributed by atoms with Crippen LogP contribution in [0.1, 0.15) is 11.1 Å². The summed E-state index contributed by atoms with van der Waals surface area (Å²) >= 11 is 0. The largest absolute Gasteiger partial charge is 0.381 e. The highest BCUT2D eigenvalue weighted by atomic mass is 15.0. The zero-order valence-electron chi connectivity index (χ0n) is 11.1. The summed E-state index contributed by atoms with van der Waals surface area (Å²) in [5.41, 5.74) is 3.81. The molecule has 0 aliphatic carbocycles. The van der Waals surface area contributed by atoms with Crippen molar-refractivity contribution in [1.29, 1.82) is 0 Å². The summed E-state index contributed by atoms with van der Waals surface area (Å²) in [5.74, 6) is 0. The maximum Gasteiger partial charge on any atom is 0.0400 e. The Labute approximate surface area is 109 Å². The molecule has 0 heterocycles. The van der Waals surface area contributed by atoms with Crippen LogP contribution in [0.5, 0.6) is 0 Å². The zero-order valence-corrected chi connectivity index (χ0v) is 11.1. The Kier molecular flexibility index (Phi) is 4.37. The van der Waals surface area contributed by atoms with Crippen molar-refractivity contribution in [1.82, 2.24) is 4.90 Å². The summed E-state index contributed by atoms with van der Waals surface area (Å²) in [7, 11) is 4.17. The second-order valence-electron chi connectivity index (χ2n) is 4.78. The van der Waals surface area contributed by atoms with Crippen LogP contribution in [0.15, 0.2) is 54.6 Å². The SMILES string of the molecule is CN(C)Cc1cccc(NCc2ccccc2)c1. The third-order valence-corrected chi connectivity index (χ3v) is 2.77. The third kappa shape index (κ3) is 3.90. The molecule has 0 fully saturated rings. The third-order valence-electron chi connectivity index (χ3n) is 2.77. The van der Waals surface area contributed by atoms with E-state index in [1.54, 1.807) is 0 Å². The molecule has 0 unspecified atom stereocenters. The summed E-state index contributed by atoms with van der Waals surface area (Å²) in [6.07, 6.45) is 0. The summed E-state index contributed by atoms with van der Waals surface area (Å²) in [4.78, 5) is 2.18. The second-order valence-corrected chi connectivity index (χ2v) is 4.78. The monoisotopic (exact) mass is 240 g/mol. The number of hydrogen-bond acceptors (Lipinski definition) is 2. The van der Waals surface area contributed by atoms with Crippen molar-refractivity contribution in [2.24, 2.45) is 0 Å². The summed E-state index contributed by atoms with van der Waals surface area (Å²) in [5, 5.41) is 3.46. The molecule has 94 valence electrons. The van der Waals surface area contributed by atoms with Gasteiger partial charge in [-0.15, -0.1) is 0 Å². The number of hydrogen-bond donors (Lipinski definition) is 1. The van der Waals surface area contributed by atoms with E-state index < -0.39 is 0 Å². The van der Waals surface area contributed by atoms with E-state index in [9.17, 15) is 0 Å². The van der Waals surface area contributed by atoms with E-state index in [-0.39, 0.29) is 0 Å². The number of anilines is 1. The molecule has 0 aromatic heterocycles. The first kappa shape index (κ1) is 12.7. The molecule has 0 spiro atoms. The lowest BCUT2D eigenvalue weighted by Gasteiger charge is -2.12. The molecule has 0 atom stereocenters. The van der Waals surface area contributed by atoms with Gasteiger partial charge in [0.2, 0.25) is 0 Å². The first-order chi connectivity index (χ1) is 8.74. The van der Waals surface area contributed by atoms with E-state index in [2.05, 4.69) is 72.8 Å². The Morgan fingerprint density at radius 1 is 0.889 bits per heavy atom. The smallest absolute Gasteiger partial charge is 0.0400 e. The average molecular weight is 240 g/mol. The van der Waals surface area contributed by atoms with Gasteiger partial charge in [-0.3, -0.25) is 0 Å². The molecule has 0 radical (unpaired) electrons. The van der Waals surface area contributed by atoms with E-state index >= 15 is 0 Å². The minimum Gasteiger partial charge on any atom is -0.381 e. The van der Waals surface area contributed by atoms with Crippen LogP contribution in [0.2, 0.25) is 0 Å². The summed E-state index contributed by atoms with van der Waals surface area (Å²) < 4.78 is 0. The predicted molar refractivity (Wildman–Crippen MR) is 77.6 cm³/mol. The zero-order chi connectivity index (χ0) is 12.8. The normalized spacial score (nSPS) is 10.6. The highest BCUT2D eigenvalue weighted by Gasteiger charge is 1.97. The van der Waals surface area contributed by atoms with Crippen LogP contribution in [0.3, 0.4) is 0 Å². The van der Waals surface area contributed by atoms with Crippen LogP contribution in [-0.4, -0.2) is 19.0 Å². The molecular weight excluding hydrogens is 220 g/mol. The molecule has 0 saturated carbocycles. The van der Waals surface area contributed by atoms with E-state index in [0.29, 0.717) is 0 Å². The maximum atomic E-state index is 3.46. The summed E-state index contributed by atoms with van der Waals surface area (Å²) in [6.45, 7) is 1.84. The second kappa shape index (κ2) is 6.22. The highest BCUT2D eigenvalue weighted by Crippen LogP contribution is 2.13. The van der Waals surface area contributed by atoms with E-state index in [1.165, 1.54) is 16.8 Å². The number of benzene rings is 2. The molecule has 0 bridgehead atoms. The first-order valence-corrected chi connectivity index (χ1v) is 6.25. The van der Waals surface area contributed by atoms with Crippen molar-refractivity contribution < 1.29 is 0 Å². The van der Waals surface area contributed by atoms with Crippen LogP contribution in [0.25, 0.3) is 0 Å². The number of rotatable bonds is 5. The van der Waals surface area contributed by atoms with E-state index in [1.807, 2.05) is 6.07 Å². The Morgan fingerprint density at radius 2 is 1.61 bits per heavy atom. The molecule has 1 N–H and O–H groups in total. The predicted octanol–water partition coefficient (Wildman–Crippen LogP) is 3.36. The lowest BCUT2D eigenvalue weighted by atomic mass is 10.2. The Hall–Kier alpha value is -1.80. The van der Waals surface area contributed by atoms with Gasteiger partial charge in [-0.2, -0.15) is 0 Å². The van der Waals surface area contributed by atoms with E-state index in [0.717, 1.165) is 13.1 Å². The lowest BCUT2D eigenvalue weighted by Crippen LogP contribution is -2.10. The van der Waals surface area contributed by atoms with Gasteiger partial charge in [0.1, 0.15) is 0 Å². The van der Waals surface area contributed by atoms with Crippen molar-refractivity contribution in [3.8, 4) is 0 Å². The highest BCUT2D eigenvalue weighted by molar-refractivity contribution is 5.46.